The first-order valence-corrected chi connectivity index (χ1v) is 9.49. The maximum absolute atomic E-state index is 12.4. The Kier molecular flexibility index (Phi) is 6.63. The van der Waals surface area contributed by atoms with Crippen LogP contribution in [0.4, 0.5) is 4.79 Å². The number of aliphatic hydroxyl groups excluding tert-OH is 1. The van der Waals surface area contributed by atoms with Crippen molar-refractivity contribution in [1.82, 2.24) is 9.88 Å². The minimum atomic E-state index is -0.399. The molecule has 0 saturated carbocycles. The van der Waals surface area contributed by atoms with Gasteiger partial charge in [-0.3, -0.25) is 4.57 Å². The van der Waals surface area contributed by atoms with Crippen molar-refractivity contribution in [1.29, 1.82) is 0 Å². The Bertz CT molecular complexity index is 933. The molecule has 5 heteroatoms. The predicted molar refractivity (Wildman–Crippen MR) is 111 cm³/mol. The Morgan fingerprint density at radius 2 is 1.89 bits per heavy atom. The molecule has 0 radical (unpaired) electrons. The van der Waals surface area contributed by atoms with E-state index in [1.54, 1.807) is 11.5 Å². The molecule has 146 valence electrons. The highest BCUT2D eigenvalue weighted by molar-refractivity contribution is 5.92. The van der Waals surface area contributed by atoms with E-state index in [9.17, 15) is 9.90 Å². The van der Waals surface area contributed by atoms with Crippen molar-refractivity contribution in [3.63, 3.8) is 0 Å². The largest absolute Gasteiger partial charge is 0.449 e. The van der Waals surface area contributed by atoms with Crippen LogP contribution >= 0.6 is 0 Å². The van der Waals surface area contributed by atoms with Gasteiger partial charge in [-0.05, 0) is 30.5 Å². The number of para-hydroxylation sites is 1. The van der Waals surface area contributed by atoms with E-state index >= 15 is 0 Å². The molecule has 3 aromatic rings. The highest BCUT2D eigenvalue weighted by Gasteiger charge is 2.22. The molecule has 0 saturated heterocycles. The molecule has 0 amide bonds. The van der Waals surface area contributed by atoms with Gasteiger partial charge in [0.2, 0.25) is 0 Å². The van der Waals surface area contributed by atoms with Gasteiger partial charge in [-0.25, -0.2) is 4.79 Å². The quantitative estimate of drug-likeness (QED) is 0.563. The van der Waals surface area contributed by atoms with Crippen molar-refractivity contribution in [2.45, 2.75) is 25.4 Å². The zero-order chi connectivity index (χ0) is 19.9. The second kappa shape index (κ2) is 9.35. The zero-order valence-electron chi connectivity index (χ0n) is 16.0. The van der Waals surface area contributed by atoms with Crippen LogP contribution in [0.15, 0.2) is 73.4 Å². The lowest BCUT2D eigenvalue weighted by Gasteiger charge is -2.24. The molecule has 2 atom stereocenters. The van der Waals surface area contributed by atoms with Crippen LogP contribution in [0.25, 0.3) is 10.9 Å². The van der Waals surface area contributed by atoms with E-state index in [4.69, 9.17) is 4.74 Å². The number of fused-ring (bicyclic) bond motifs is 1. The van der Waals surface area contributed by atoms with E-state index < -0.39 is 6.09 Å². The third-order valence-corrected chi connectivity index (χ3v) is 4.77. The normalized spacial score (nSPS) is 13.2. The summed E-state index contributed by atoms with van der Waals surface area (Å²) in [5.41, 5.74) is 2.78. The molecule has 0 bridgehead atoms. The minimum Gasteiger partial charge on any atom is -0.449 e. The number of carbonyl (C=O) groups is 1. The molecule has 2 N–H and O–H groups in total. The lowest BCUT2D eigenvalue weighted by molar-refractivity contribution is 0.155. The van der Waals surface area contributed by atoms with Gasteiger partial charge < -0.3 is 15.2 Å². The molecule has 1 aromatic heterocycles. The van der Waals surface area contributed by atoms with Crippen LogP contribution in [0.3, 0.4) is 0 Å². The number of hydrogen-bond donors (Lipinski definition) is 2. The molecule has 2 aromatic carbocycles. The molecule has 0 spiro atoms. The highest BCUT2D eigenvalue weighted by Crippen LogP contribution is 2.31. The summed E-state index contributed by atoms with van der Waals surface area (Å²) in [6.45, 7) is 5.95. The van der Waals surface area contributed by atoms with Crippen molar-refractivity contribution in [3.8, 4) is 0 Å². The average Bonchev–Trinajstić information content (AvgIpc) is 3.12. The summed E-state index contributed by atoms with van der Waals surface area (Å²) in [6, 6.07) is 17.2. The summed E-state index contributed by atoms with van der Waals surface area (Å²) in [6.07, 6.45) is 3.92. The Labute approximate surface area is 165 Å². The molecule has 28 heavy (non-hydrogen) atoms. The molecule has 1 unspecified atom stereocenters. The van der Waals surface area contributed by atoms with Crippen molar-refractivity contribution in [2.24, 2.45) is 0 Å². The number of aromatic nitrogens is 1. The lowest BCUT2D eigenvalue weighted by atomic mass is 9.99. The second-order valence-electron chi connectivity index (χ2n) is 6.56. The van der Waals surface area contributed by atoms with Gasteiger partial charge >= 0.3 is 6.09 Å². The second-order valence-corrected chi connectivity index (χ2v) is 6.56. The first-order chi connectivity index (χ1) is 13.7. The van der Waals surface area contributed by atoms with Crippen LogP contribution in [0.5, 0.6) is 0 Å². The Morgan fingerprint density at radius 3 is 2.57 bits per heavy atom. The van der Waals surface area contributed by atoms with Crippen LogP contribution in [0.2, 0.25) is 0 Å². The van der Waals surface area contributed by atoms with Crippen LogP contribution in [0.1, 0.15) is 36.6 Å². The van der Waals surface area contributed by atoms with Gasteiger partial charge in [-0.1, -0.05) is 54.6 Å². The fraction of sp³-hybridized carbons (Fsp3) is 0.261. The van der Waals surface area contributed by atoms with Crippen LogP contribution < -0.4 is 5.32 Å². The van der Waals surface area contributed by atoms with Crippen LogP contribution in [0, 0.1) is 0 Å². The molecule has 0 fully saturated rings. The van der Waals surface area contributed by atoms with Crippen molar-refractivity contribution >= 4 is 17.0 Å². The molecule has 0 aliphatic rings. The number of nitrogens with zero attached hydrogens (tertiary/aromatic N) is 1. The zero-order valence-corrected chi connectivity index (χ0v) is 16.0. The molecular formula is C23H26N2O3. The minimum absolute atomic E-state index is 0.0336. The summed E-state index contributed by atoms with van der Waals surface area (Å²) in [7, 11) is 0. The third kappa shape index (κ3) is 4.16. The van der Waals surface area contributed by atoms with Crippen molar-refractivity contribution in [2.75, 3.05) is 13.2 Å². The molecule has 1 heterocycles. The Morgan fingerprint density at radius 1 is 1.18 bits per heavy atom. The van der Waals surface area contributed by atoms with E-state index in [0.29, 0.717) is 13.0 Å². The Balaban J connectivity index is 2.01. The number of ether oxygens (including phenoxy) is 1. The number of nitrogens with one attached hydrogen (secondary N) is 1. The summed E-state index contributed by atoms with van der Waals surface area (Å²) in [4.78, 5) is 12.4. The SMILES string of the molecule is C=CCC(N[C@@H](CO)c1ccccc1)c1cn(C(=O)OCC)c2ccccc12. The van der Waals surface area contributed by atoms with Gasteiger partial charge in [0.05, 0.1) is 24.8 Å². The summed E-state index contributed by atoms with van der Waals surface area (Å²) >= 11 is 0. The number of benzene rings is 2. The van der Waals surface area contributed by atoms with Crippen LogP contribution in [-0.2, 0) is 4.74 Å². The molecule has 0 aliphatic carbocycles. The van der Waals surface area contributed by atoms with Crippen molar-refractivity contribution in [3.05, 3.63) is 84.6 Å². The fourth-order valence-corrected chi connectivity index (χ4v) is 3.46. The van der Waals surface area contributed by atoms with Gasteiger partial charge in [0.15, 0.2) is 0 Å². The van der Waals surface area contributed by atoms with E-state index in [1.165, 1.54) is 0 Å². The monoisotopic (exact) mass is 378 g/mol. The first kappa shape index (κ1) is 19.9. The predicted octanol–water partition coefficient (Wildman–Crippen LogP) is 4.59. The number of hydrogen-bond acceptors (Lipinski definition) is 4. The number of rotatable bonds is 8. The maximum atomic E-state index is 12.4. The maximum Gasteiger partial charge on any atom is 0.418 e. The number of aliphatic hydroxyl groups is 1. The first-order valence-electron chi connectivity index (χ1n) is 9.49. The molecule has 0 aliphatic heterocycles. The van der Waals surface area contributed by atoms with Gasteiger partial charge in [0.1, 0.15) is 0 Å². The van der Waals surface area contributed by atoms with E-state index in [1.807, 2.05) is 66.9 Å². The van der Waals surface area contributed by atoms with Gasteiger partial charge in [0.25, 0.3) is 0 Å². The molecule has 5 nitrogen and oxygen atoms in total. The van der Waals surface area contributed by atoms with E-state index in [-0.39, 0.29) is 18.7 Å². The third-order valence-electron chi connectivity index (χ3n) is 4.77. The summed E-state index contributed by atoms with van der Waals surface area (Å²) in [5.74, 6) is 0. The van der Waals surface area contributed by atoms with Crippen molar-refractivity contribution < 1.29 is 14.6 Å². The van der Waals surface area contributed by atoms with Gasteiger partial charge in [0, 0.05) is 17.6 Å². The standard InChI is InChI=1S/C23H26N2O3/c1-3-10-20(24-21(16-26)17-11-6-5-7-12-17)19-15-25(23(27)28-4-2)22-14-9-8-13-18(19)22/h3,5-9,11-15,20-21,24,26H,1,4,10,16H2,2H3/t20?,21-/m0/s1. The lowest BCUT2D eigenvalue weighted by Crippen LogP contribution is -2.28. The highest BCUT2D eigenvalue weighted by atomic mass is 16.5. The van der Waals surface area contributed by atoms with Gasteiger partial charge in [-0.2, -0.15) is 0 Å². The molecule has 3 rings (SSSR count). The topological polar surface area (TPSA) is 63.5 Å². The molecular weight excluding hydrogens is 352 g/mol. The van der Waals surface area contributed by atoms with Crippen LogP contribution in [-0.4, -0.2) is 29.0 Å². The summed E-state index contributed by atoms with van der Waals surface area (Å²) < 4.78 is 6.75. The summed E-state index contributed by atoms with van der Waals surface area (Å²) in [5, 5.41) is 14.5. The van der Waals surface area contributed by atoms with E-state index in [2.05, 4.69) is 11.9 Å². The Hall–Kier alpha value is -2.89. The smallest absolute Gasteiger partial charge is 0.418 e. The fourth-order valence-electron chi connectivity index (χ4n) is 3.46. The van der Waals surface area contributed by atoms with E-state index in [0.717, 1.165) is 22.0 Å². The number of carbonyl (C=O) groups excluding carboxylic acids is 1. The van der Waals surface area contributed by atoms with Gasteiger partial charge in [-0.15, -0.1) is 6.58 Å². The average molecular weight is 378 g/mol.